The van der Waals surface area contributed by atoms with Crippen molar-refractivity contribution in [2.75, 3.05) is 33.8 Å². The molecule has 0 saturated carbocycles. The quantitative estimate of drug-likeness (QED) is 0.370. The molecule has 1 N–H and O–H groups in total. The number of nitrogens with zero attached hydrogens (tertiary/aromatic N) is 2. The van der Waals surface area contributed by atoms with Gasteiger partial charge < -0.3 is 15.0 Å². The van der Waals surface area contributed by atoms with Crippen molar-refractivity contribution >= 4 is 11.9 Å². The molecule has 1 aromatic rings. The van der Waals surface area contributed by atoms with Crippen molar-refractivity contribution in [2.45, 2.75) is 19.0 Å². The molecule has 0 atom stereocenters. The summed E-state index contributed by atoms with van der Waals surface area (Å²) in [4.78, 5) is 17.8. The molecule has 0 radical (unpaired) electrons. The normalized spacial score (nSPS) is 15.7. The van der Waals surface area contributed by atoms with Crippen molar-refractivity contribution in [1.82, 2.24) is 10.2 Å². The molecular formula is C19H22F3N3O2. The Morgan fingerprint density at radius 3 is 2.67 bits per heavy atom. The number of carbonyl (C=O) groups excluding carboxylic acids is 1. The fourth-order valence-corrected chi connectivity index (χ4v) is 2.87. The van der Waals surface area contributed by atoms with Crippen molar-refractivity contribution in [2.24, 2.45) is 10.9 Å². The van der Waals surface area contributed by atoms with Crippen LogP contribution in [0.5, 0.6) is 0 Å². The molecule has 1 heterocycles. The number of halogens is 3. The van der Waals surface area contributed by atoms with Gasteiger partial charge in [-0.15, -0.1) is 0 Å². The minimum atomic E-state index is -4.38. The average Bonchev–Trinajstić information content (AvgIpc) is 2.67. The predicted octanol–water partition coefficient (Wildman–Crippen LogP) is 2.52. The molecule has 2 rings (SSSR count). The number of esters is 1. The zero-order chi connectivity index (χ0) is 19.9. The second-order valence-electron chi connectivity index (χ2n) is 6.07. The van der Waals surface area contributed by atoms with Crippen LogP contribution in [0.1, 0.15) is 24.0 Å². The van der Waals surface area contributed by atoms with Crippen LogP contribution in [0.4, 0.5) is 13.2 Å². The lowest BCUT2D eigenvalue weighted by molar-refractivity contribution is -0.146. The second kappa shape index (κ2) is 9.31. The van der Waals surface area contributed by atoms with Gasteiger partial charge in [-0.05, 0) is 31.0 Å². The molecule has 8 heteroatoms. The van der Waals surface area contributed by atoms with Gasteiger partial charge in [-0.2, -0.15) is 13.2 Å². The smallest absolute Gasteiger partial charge is 0.416 e. The van der Waals surface area contributed by atoms with Gasteiger partial charge in [0.25, 0.3) is 0 Å². The second-order valence-corrected chi connectivity index (χ2v) is 6.07. The molecule has 0 aromatic heterocycles. The van der Waals surface area contributed by atoms with Crippen LogP contribution >= 0.6 is 0 Å². The zero-order valence-corrected chi connectivity index (χ0v) is 15.3. The lowest BCUT2D eigenvalue weighted by atomic mass is 9.97. The van der Waals surface area contributed by atoms with Gasteiger partial charge in [0.05, 0.1) is 25.1 Å². The number of piperidine rings is 1. The highest BCUT2D eigenvalue weighted by atomic mass is 19.4. The van der Waals surface area contributed by atoms with Gasteiger partial charge in [-0.25, -0.2) is 0 Å². The Balaban J connectivity index is 1.88. The number of ether oxygens (including phenoxy) is 1. The van der Waals surface area contributed by atoms with E-state index in [1.54, 1.807) is 7.05 Å². The van der Waals surface area contributed by atoms with Crippen molar-refractivity contribution in [3.8, 4) is 11.8 Å². The molecule has 5 nitrogen and oxygen atoms in total. The highest BCUT2D eigenvalue weighted by Gasteiger charge is 2.30. The van der Waals surface area contributed by atoms with Crippen molar-refractivity contribution in [1.29, 1.82) is 0 Å². The molecule has 1 saturated heterocycles. The van der Waals surface area contributed by atoms with E-state index < -0.39 is 11.7 Å². The van der Waals surface area contributed by atoms with Gasteiger partial charge in [0.1, 0.15) is 0 Å². The highest BCUT2D eigenvalue weighted by Crippen LogP contribution is 2.29. The first kappa shape index (κ1) is 20.6. The van der Waals surface area contributed by atoms with Crippen LogP contribution in [0, 0.1) is 17.8 Å². The summed E-state index contributed by atoms with van der Waals surface area (Å²) < 4.78 is 42.9. The van der Waals surface area contributed by atoms with E-state index in [1.807, 2.05) is 4.90 Å². The molecule has 1 aliphatic rings. The van der Waals surface area contributed by atoms with Crippen molar-refractivity contribution in [3.05, 3.63) is 35.4 Å². The van der Waals surface area contributed by atoms with E-state index in [0.29, 0.717) is 37.5 Å². The molecule has 0 bridgehead atoms. The van der Waals surface area contributed by atoms with Crippen LogP contribution in [0.2, 0.25) is 0 Å². The maximum atomic E-state index is 12.7. The third-order valence-electron chi connectivity index (χ3n) is 4.30. The van der Waals surface area contributed by atoms with Crippen LogP contribution in [-0.4, -0.2) is 50.6 Å². The maximum Gasteiger partial charge on any atom is 0.416 e. The van der Waals surface area contributed by atoms with E-state index in [0.717, 1.165) is 12.1 Å². The first-order valence-electron chi connectivity index (χ1n) is 8.54. The number of methoxy groups -OCH3 is 1. The fraction of sp³-hybridized carbons (Fsp3) is 0.474. The van der Waals surface area contributed by atoms with Gasteiger partial charge in [-0.3, -0.25) is 9.79 Å². The van der Waals surface area contributed by atoms with E-state index in [2.05, 4.69) is 22.2 Å². The summed E-state index contributed by atoms with van der Waals surface area (Å²) in [5.74, 6) is 5.90. The first-order chi connectivity index (χ1) is 12.8. The highest BCUT2D eigenvalue weighted by molar-refractivity contribution is 5.80. The molecular weight excluding hydrogens is 359 g/mol. The summed E-state index contributed by atoms with van der Waals surface area (Å²) in [7, 11) is 3.03. The average molecular weight is 381 g/mol. The van der Waals surface area contributed by atoms with Crippen LogP contribution in [-0.2, 0) is 15.7 Å². The molecule has 1 aliphatic heterocycles. The number of rotatable bonds is 2. The number of alkyl halides is 3. The molecule has 1 fully saturated rings. The van der Waals surface area contributed by atoms with Crippen LogP contribution in [0.15, 0.2) is 29.3 Å². The first-order valence-corrected chi connectivity index (χ1v) is 8.54. The van der Waals surface area contributed by atoms with E-state index in [4.69, 9.17) is 4.74 Å². The number of carbonyl (C=O) groups is 1. The number of nitrogens with one attached hydrogen (secondary N) is 1. The van der Waals surface area contributed by atoms with E-state index in [9.17, 15) is 18.0 Å². The number of hydrogen-bond donors (Lipinski definition) is 1. The Morgan fingerprint density at radius 1 is 1.37 bits per heavy atom. The molecule has 146 valence electrons. The predicted molar refractivity (Wildman–Crippen MR) is 96.0 cm³/mol. The number of hydrogen-bond acceptors (Lipinski definition) is 3. The topological polar surface area (TPSA) is 53.9 Å². The minimum Gasteiger partial charge on any atom is -0.469 e. The Morgan fingerprint density at radius 2 is 2.07 bits per heavy atom. The zero-order valence-electron chi connectivity index (χ0n) is 15.3. The molecule has 0 aliphatic carbocycles. The summed E-state index contributed by atoms with van der Waals surface area (Å²) in [5, 5.41) is 3.08. The van der Waals surface area contributed by atoms with Gasteiger partial charge >= 0.3 is 12.1 Å². The summed E-state index contributed by atoms with van der Waals surface area (Å²) >= 11 is 0. The van der Waals surface area contributed by atoms with E-state index >= 15 is 0 Å². The molecule has 0 spiro atoms. The third-order valence-corrected chi connectivity index (χ3v) is 4.30. The Labute approximate surface area is 156 Å². The van der Waals surface area contributed by atoms with Crippen LogP contribution in [0.25, 0.3) is 0 Å². The minimum absolute atomic E-state index is 0.0925. The lowest BCUT2D eigenvalue weighted by Crippen LogP contribution is -2.46. The fourth-order valence-electron chi connectivity index (χ4n) is 2.87. The van der Waals surface area contributed by atoms with E-state index in [1.165, 1.54) is 19.2 Å². The standard InChI is InChI=1S/C19H22F3N3O2/c1-23-18(25-11-8-15(9-12-25)17(26)27-2)24-10-4-6-14-5-3-7-16(13-14)19(20,21)22/h3,5,7,13,15H,8-12H2,1-2H3,(H,23,24). The summed E-state index contributed by atoms with van der Waals surface area (Å²) in [6.07, 6.45) is -3.01. The van der Waals surface area contributed by atoms with Crippen LogP contribution < -0.4 is 5.32 Å². The summed E-state index contributed by atoms with van der Waals surface area (Å²) in [6.45, 7) is 1.58. The Hall–Kier alpha value is -2.69. The maximum absolute atomic E-state index is 12.7. The summed E-state index contributed by atoms with van der Waals surface area (Å²) in [6, 6.07) is 4.92. The number of guanidine groups is 1. The SMILES string of the molecule is CN=C(NCC#Cc1cccc(C(F)(F)F)c1)N1CCC(C(=O)OC)CC1. The van der Waals surface area contributed by atoms with Gasteiger partial charge in [-0.1, -0.05) is 17.9 Å². The number of benzene rings is 1. The largest absolute Gasteiger partial charge is 0.469 e. The summed E-state index contributed by atoms with van der Waals surface area (Å²) in [5.41, 5.74) is -0.410. The monoisotopic (exact) mass is 381 g/mol. The van der Waals surface area contributed by atoms with Crippen LogP contribution in [0.3, 0.4) is 0 Å². The number of likely N-dealkylation sites (tertiary alicyclic amines) is 1. The molecule has 27 heavy (non-hydrogen) atoms. The van der Waals surface area contributed by atoms with E-state index in [-0.39, 0.29) is 18.4 Å². The van der Waals surface area contributed by atoms with Gasteiger partial charge in [0.15, 0.2) is 5.96 Å². The Kier molecular flexibility index (Phi) is 7.11. The number of aliphatic imine (C=N–C) groups is 1. The molecule has 0 amide bonds. The molecule has 0 unspecified atom stereocenters. The van der Waals surface area contributed by atoms with Gasteiger partial charge in [0, 0.05) is 25.7 Å². The van der Waals surface area contributed by atoms with Crippen molar-refractivity contribution in [3.63, 3.8) is 0 Å². The molecule has 1 aromatic carbocycles. The van der Waals surface area contributed by atoms with Gasteiger partial charge in [0.2, 0.25) is 0 Å². The lowest BCUT2D eigenvalue weighted by Gasteiger charge is -2.32. The third kappa shape index (κ3) is 5.91. The Bertz CT molecular complexity index is 743. The van der Waals surface area contributed by atoms with Crippen molar-refractivity contribution < 1.29 is 22.7 Å².